The first-order chi connectivity index (χ1) is 11.6. The van der Waals surface area contributed by atoms with E-state index >= 15 is 0 Å². The summed E-state index contributed by atoms with van der Waals surface area (Å²) in [6, 6.07) is 0. The lowest BCUT2D eigenvalue weighted by atomic mass is 9.67. The summed E-state index contributed by atoms with van der Waals surface area (Å²) in [6.07, 6.45) is 6.89. The van der Waals surface area contributed by atoms with Crippen molar-refractivity contribution in [1.82, 2.24) is 10.6 Å². The van der Waals surface area contributed by atoms with Gasteiger partial charge in [0.15, 0.2) is 5.96 Å². The smallest absolute Gasteiger partial charge is 0.191 e. The minimum Gasteiger partial charge on any atom is -0.387 e. The summed E-state index contributed by atoms with van der Waals surface area (Å²) < 4.78 is 5.26. The van der Waals surface area contributed by atoms with Gasteiger partial charge in [0, 0.05) is 38.6 Å². The van der Waals surface area contributed by atoms with E-state index in [4.69, 9.17) is 9.73 Å². The lowest BCUT2D eigenvalue weighted by molar-refractivity contribution is -0.0198. The fourth-order valence-electron chi connectivity index (χ4n) is 3.55. The molecule has 0 aromatic carbocycles. The number of rotatable bonds is 10. The average Bonchev–Trinajstić information content (AvgIpc) is 2.54. The van der Waals surface area contributed by atoms with Gasteiger partial charge >= 0.3 is 0 Å². The molecular formula is C18H36IN3O2S. The van der Waals surface area contributed by atoms with E-state index in [1.165, 1.54) is 19.3 Å². The maximum Gasteiger partial charge on any atom is 0.191 e. The number of nitrogens with zero attached hydrogens (tertiary/aromatic N) is 1. The molecule has 148 valence electrons. The first-order valence-electron chi connectivity index (χ1n) is 9.42. The maximum atomic E-state index is 10.7. The van der Waals surface area contributed by atoms with Gasteiger partial charge in [-0.1, -0.05) is 13.3 Å². The number of ether oxygens (including phenoxy) is 1. The molecule has 7 heteroatoms. The van der Waals surface area contributed by atoms with E-state index in [-0.39, 0.29) is 24.0 Å². The Hall–Kier alpha value is 0.270. The van der Waals surface area contributed by atoms with Crippen molar-refractivity contribution in [3.8, 4) is 0 Å². The number of aliphatic imine (C=N–C) groups is 1. The Labute approximate surface area is 174 Å². The highest BCUT2D eigenvalue weighted by atomic mass is 127. The predicted molar refractivity (Wildman–Crippen MR) is 118 cm³/mol. The van der Waals surface area contributed by atoms with Crippen LogP contribution >= 0.6 is 35.7 Å². The Kier molecular flexibility index (Phi) is 10.4. The SMILES string of the molecule is CCNC(=NCC1(CCOC)CCC1)NCC1(O)CCC1SCC.I. The summed E-state index contributed by atoms with van der Waals surface area (Å²) in [5.74, 6) is 1.89. The average molecular weight is 485 g/mol. The first-order valence-corrected chi connectivity index (χ1v) is 10.5. The van der Waals surface area contributed by atoms with Gasteiger partial charge in [-0.25, -0.2) is 0 Å². The van der Waals surface area contributed by atoms with Gasteiger partial charge in [-0.3, -0.25) is 4.99 Å². The van der Waals surface area contributed by atoms with Crippen molar-refractivity contribution in [2.24, 2.45) is 10.4 Å². The Morgan fingerprint density at radius 2 is 2.04 bits per heavy atom. The third kappa shape index (κ3) is 6.43. The normalized spacial score (nSPS) is 27.7. The van der Waals surface area contributed by atoms with Crippen LogP contribution in [0.5, 0.6) is 0 Å². The van der Waals surface area contributed by atoms with Crippen LogP contribution in [0.3, 0.4) is 0 Å². The van der Waals surface area contributed by atoms with Gasteiger partial charge in [0.1, 0.15) is 0 Å². The van der Waals surface area contributed by atoms with Crippen LogP contribution in [0.1, 0.15) is 52.4 Å². The zero-order chi connectivity index (χ0) is 17.5. The van der Waals surface area contributed by atoms with Gasteiger partial charge in [0.05, 0.1) is 5.60 Å². The van der Waals surface area contributed by atoms with Crippen LogP contribution in [0.25, 0.3) is 0 Å². The van der Waals surface area contributed by atoms with Crippen LogP contribution in [-0.2, 0) is 4.74 Å². The number of halogens is 1. The lowest BCUT2D eigenvalue weighted by Crippen LogP contribution is -2.58. The fraction of sp³-hybridized carbons (Fsp3) is 0.944. The van der Waals surface area contributed by atoms with E-state index in [0.29, 0.717) is 17.2 Å². The summed E-state index contributed by atoms with van der Waals surface area (Å²) >= 11 is 1.87. The minimum absolute atomic E-state index is 0. The Bertz CT molecular complexity index is 421. The molecule has 0 spiro atoms. The third-order valence-corrected chi connectivity index (χ3v) is 6.95. The molecule has 2 unspecified atom stereocenters. The van der Waals surface area contributed by atoms with Crippen molar-refractivity contribution < 1.29 is 9.84 Å². The number of methoxy groups -OCH3 is 1. The van der Waals surface area contributed by atoms with Gasteiger partial charge in [0.25, 0.3) is 0 Å². The Morgan fingerprint density at radius 1 is 1.28 bits per heavy atom. The molecule has 0 heterocycles. The zero-order valence-corrected chi connectivity index (χ0v) is 19.1. The molecule has 0 radical (unpaired) electrons. The lowest BCUT2D eigenvalue weighted by Gasteiger charge is -2.45. The minimum atomic E-state index is -0.582. The molecule has 2 fully saturated rings. The van der Waals surface area contributed by atoms with E-state index in [1.807, 2.05) is 11.8 Å². The highest BCUT2D eigenvalue weighted by Gasteiger charge is 2.45. The summed E-state index contributed by atoms with van der Waals surface area (Å²) in [6.45, 7) is 7.31. The molecule has 0 aromatic rings. The van der Waals surface area contributed by atoms with Crippen molar-refractivity contribution in [3.63, 3.8) is 0 Å². The highest BCUT2D eigenvalue weighted by Crippen LogP contribution is 2.44. The van der Waals surface area contributed by atoms with E-state index in [0.717, 1.165) is 50.7 Å². The molecule has 25 heavy (non-hydrogen) atoms. The number of hydrogen-bond donors (Lipinski definition) is 3. The van der Waals surface area contributed by atoms with Gasteiger partial charge in [-0.15, -0.1) is 24.0 Å². The van der Waals surface area contributed by atoms with E-state index in [2.05, 4.69) is 24.5 Å². The molecular weight excluding hydrogens is 449 g/mol. The monoisotopic (exact) mass is 485 g/mol. The van der Waals surface area contributed by atoms with E-state index < -0.39 is 5.60 Å². The van der Waals surface area contributed by atoms with E-state index in [9.17, 15) is 5.11 Å². The standard InChI is InChI=1S/C18H35N3O2S.HI/c1-4-19-16(20-13-17(8-6-9-17)11-12-23-3)21-14-18(22)10-7-15(18)24-5-2;/h15,22H,4-14H2,1-3H3,(H2,19,20,21);1H. The van der Waals surface area contributed by atoms with Crippen LogP contribution in [0.2, 0.25) is 0 Å². The van der Waals surface area contributed by atoms with Gasteiger partial charge < -0.3 is 20.5 Å². The summed E-state index contributed by atoms with van der Waals surface area (Å²) in [7, 11) is 1.77. The Balaban J connectivity index is 0.00000312. The van der Waals surface area contributed by atoms with Crippen molar-refractivity contribution >= 4 is 41.7 Å². The number of hydrogen-bond acceptors (Lipinski definition) is 4. The second kappa shape index (κ2) is 11.2. The zero-order valence-electron chi connectivity index (χ0n) is 16.0. The molecule has 2 saturated carbocycles. The van der Waals surface area contributed by atoms with Crippen LogP contribution in [0.15, 0.2) is 4.99 Å². The van der Waals surface area contributed by atoms with E-state index in [1.54, 1.807) is 7.11 Å². The fourth-order valence-corrected chi connectivity index (χ4v) is 4.74. The molecule has 0 aliphatic heterocycles. The number of thioether (sulfide) groups is 1. The summed E-state index contributed by atoms with van der Waals surface area (Å²) in [4.78, 5) is 4.81. The second-order valence-electron chi connectivity index (χ2n) is 7.23. The Morgan fingerprint density at radius 3 is 2.52 bits per heavy atom. The third-order valence-electron chi connectivity index (χ3n) is 5.54. The molecule has 0 bridgehead atoms. The van der Waals surface area contributed by atoms with Crippen molar-refractivity contribution in [1.29, 1.82) is 0 Å². The van der Waals surface area contributed by atoms with Crippen LogP contribution in [0, 0.1) is 5.41 Å². The van der Waals surface area contributed by atoms with Crippen molar-refractivity contribution in [3.05, 3.63) is 0 Å². The second-order valence-corrected chi connectivity index (χ2v) is 8.71. The first kappa shape index (κ1) is 23.3. The van der Waals surface area contributed by atoms with Crippen molar-refractivity contribution in [2.45, 2.75) is 63.2 Å². The number of guanidine groups is 1. The van der Waals surface area contributed by atoms with Crippen LogP contribution in [0.4, 0.5) is 0 Å². The van der Waals surface area contributed by atoms with Gasteiger partial charge in [-0.05, 0) is 50.2 Å². The predicted octanol–water partition coefficient (Wildman–Crippen LogP) is 3.01. The molecule has 2 aliphatic rings. The molecule has 0 aromatic heterocycles. The molecule has 5 nitrogen and oxygen atoms in total. The molecule has 2 aliphatic carbocycles. The van der Waals surface area contributed by atoms with Crippen LogP contribution in [-0.4, -0.2) is 61.0 Å². The highest BCUT2D eigenvalue weighted by molar-refractivity contribution is 14.0. The molecule has 2 rings (SSSR count). The van der Waals surface area contributed by atoms with Gasteiger partial charge in [0.2, 0.25) is 0 Å². The van der Waals surface area contributed by atoms with Crippen LogP contribution < -0.4 is 10.6 Å². The topological polar surface area (TPSA) is 65.9 Å². The number of nitrogens with one attached hydrogen (secondary N) is 2. The summed E-state index contributed by atoms with van der Waals surface area (Å²) in [5.41, 5.74) is -0.257. The molecule has 2 atom stereocenters. The largest absolute Gasteiger partial charge is 0.387 e. The molecule has 0 amide bonds. The summed E-state index contributed by atoms with van der Waals surface area (Å²) in [5, 5.41) is 17.8. The molecule has 0 saturated heterocycles. The van der Waals surface area contributed by atoms with Gasteiger partial charge in [-0.2, -0.15) is 11.8 Å². The number of aliphatic hydroxyl groups is 1. The molecule has 3 N–H and O–H groups in total. The quantitative estimate of drug-likeness (QED) is 0.252. The van der Waals surface area contributed by atoms with Crippen molar-refractivity contribution in [2.75, 3.05) is 39.1 Å². The maximum absolute atomic E-state index is 10.7.